The van der Waals surface area contributed by atoms with Crippen molar-refractivity contribution in [2.75, 3.05) is 11.5 Å². The van der Waals surface area contributed by atoms with Crippen LogP contribution in [0, 0.1) is 5.92 Å². The van der Waals surface area contributed by atoms with E-state index in [1.165, 1.54) is 0 Å². The molecular formula is C13H18ClNO2S. The van der Waals surface area contributed by atoms with E-state index in [9.17, 15) is 8.42 Å². The van der Waals surface area contributed by atoms with E-state index in [1.807, 2.05) is 0 Å². The molecule has 0 spiro atoms. The van der Waals surface area contributed by atoms with Crippen molar-refractivity contribution in [3.63, 3.8) is 0 Å². The molecule has 1 aromatic carbocycles. The lowest BCUT2D eigenvalue weighted by Crippen LogP contribution is -2.16. The van der Waals surface area contributed by atoms with Gasteiger partial charge in [-0.05, 0) is 36.5 Å². The molecular weight excluding hydrogens is 270 g/mol. The van der Waals surface area contributed by atoms with Crippen LogP contribution >= 0.6 is 11.6 Å². The van der Waals surface area contributed by atoms with Crippen LogP contribution in [0.25, 0.3) is 0 Å². The molecule has 3 nitrogen and oxygen atoms in total. The Bertz CT molecular complexity index is 522. The van der Waals surface area contributed by atoms with Gasteiger partial charge in [0.25, 0.3) is 0 Å². The first-order chi connectivity index (χ1) is 8.46. The van der Waals surface area contributed by atoms with Crippen molar-refractivity contribution in [2.45, 2.75) is 31.4 Å². The maximum atomic E-state index is 12.1. The summed E-state index contributed by atoms with van der Waals surface area (Å²) in [4.78, 5) is 0. The third-order valence-corrected chi connectivity index (χ3v) is 5.50. The SMILES string of the molecule is Nc1ccc(CS(=O)(=O)CC2CCCC2)c(Cl)c1. The third kappa shape index (κ3) is 3.62. The lowest BCUT2D eigenvalue weighted by molar-refractivity contribution is 0.558. The summed E-state index contributed by atoms with van der Waals surface area (Å²) in [7, 11) is -3.08. The van der Waals surface area contributed by atoms with Gasteiger partial charge in [0.1, 0.15) is 0 Å². The molecule has 1 aliphatic carbocycles. The molecule has 0 aliphatic heterocycles. The summed E-state index contributed by atoms with van der Waals surface area (Å²) in [5.41, 5.74) is 6.78. The van der Waals surface area contributed by atoms with E-state index >= 15 is 0 Å². The van der Waals surface area contributed by atoms with E-state index in [-0.39, 0.29) is 11.5 Å². The molecule has 18 heavy (non-hydrogen) atoms. The molecule has 2 rings (SSSR count). The highest BCUT2D eigenvalue weighted by Gasteiger charge is 2.23. The number of hydrogen-bond acceptors (Lipinski definition) is 3. The van der Waals surface area contributed by atoms with Gasteiger partial charge < -0.3 is 5.73 Å². The average molecular weight is 288 g/mol. The number of benzene rings is 1. The zero-order valence-electron chi connectivity index (χ0n) is 10.2. The molecule has 2 N–H and O–H groups in total. The molecule has 0 radical (unpaired) electrons. The molecule has 1 aliphatic rings. The van der Waals surface area contributed by atoms with E-state index in [2.05, 4.69) is 0 Å². The van der Waals surface area contributed by atoms with E-state index in [1.54, 1.807) is 18.2 Å². The summed E-state index contributed by atoms with van der Waals surface area (Å²) in [5.74, 6) is 0.638. The number of rotatable bonds is 4. The van der Waals surface area contributed by atoms with Crippen LogP contribution in [0.3, 0.4) is 0 Å². The normalized spacial score (nSPS) is 17.2. The fraction of sp³-hybridized carbons (Fsp3) is 0.538. The zero-order valence-corrected chi connectivity index (χ0v) is 11.8. The predicted molar refractivity (Wildman–Crippen MR) is 75.3 cm³/mol. The van der Waals surface area contributed by atoms with Crippen molar-refractivity contribution >= 4 is 27.1 Å². The van der Waals surface area contributed by atoms with Gasteiger partial charge in [0, 0.05) is 10.7 Å². The quantitative estimate of drug-likeness (QED) is 0.866. The van der Waals surface area contributed by atoms with Crippen LogP contribution in [-0.2, 0) is 15.6 Å². The van der Waals surface area contributed by atoms with Crippen LogP contribution in [0.1, 0.15) is 31.2 Å². The predicted octanol–water partition coefficient (Wildman–Crippen LogP) is 3.03. The summed E-state index contributed by atoms with van der Waals surface area (Å²) in [6, 6.07) is 4.98. The summed E-state index contributed by atoms with van der Waals surface area (Å²) < 4.78 is 24.2. The van der Waals surface area contributed by atoms with Crippen LogP contribution in [0.2, 0.25) is 5.02 Å². The van der Waals surface area contributed by atoms with Crippen molar-refractivity contribution in [1.29, 1.82) is 0 Å². The first-order valence-electron chi connectivity index (χ1n) is 6.20. The fourth-order valence-corrected chi connectivity index (χ4v) is 4.74. The summed E-state index contributed by atoms with van der Waals surface area (Å²) in [6.07, 6.45) is 4.38. The highest BCUT2D eigenvalue weighted by Crippen LogP contribution is 2.28. The van der Waals surface area contributed by atoms with Crippen LogP contribution in [-0.4, -0.2) is 14.2 Å². The van der Waals surface area contributed by atoms with Gasteiger partial charge in [0.05, 0.1) is 11.5 Å². The average Bonchev–Trinajstić information content (AvgIpc) is 2.74. The van der Waals surface area contributed by atoms with E-state index in [0.717, 1.165) is 25.7 Å². The van der Waals surface area contributed by atoms with Gasteiger partial charge in [-0.3, -0.25) is 0 Å². The second-order valence-corrected chi connectivity index (χ2v) is 7.57. The van der Waals surface area contributed by atoms with Crippen molar-refractivity contribution in [1.82, 2.24) is 0 Å². The van der Waals surface area contributed by atoms with E-state index < -0.39 is 9.84 Å². The number of sulfone groups is 1. The second kappa shape index (κ2) is 5.49. The number of hydrogen-bond donors (Lipinski definition) is 1. The van der Waals surface area contributed by atoms with Gasteiger partial charge in [-0.2, -0.15) is 0 Å². The Morgan fingerprint density at radius 3 is 2.56 bits per heavy atom. The van der Waals surface area contributed by atoms with Gasteiger partial charge in [0.2, 0.25) is 0 Å². The second-order valence-electron chi connectivity index (χ2n) is 5.06. The molecule has 0 atom stereocenters. The number of nitrogens with two attached hydrogens (primary N) is 1. The smallest absolute Gasteiger partial charge is 0.154 e. The monoisotopic (exact) mass is 287 g/mol. The Hall–Kier alpha value is -0.740. The standard InChI is InChI=1S/C13H18ClNO2S/c14-13-7-12(15)6-5-11(13)9-18(16,17)8-10-3-1-2-4-10/h5-7,10H,1-4,8-9,15H2. The lowest BCUT2D eigenvalue weighted by Gasteiger charge is -2.11. The molecule has 0 saturated heterocycles. The van der Waals surface area contributed by atoms with Gasteiger partial charge >= 0.3 is 0 Å². The van der Waals surface area contributed by atoms with Crippen LogP contribution in [0.15, 0.2) is 18.2 Å². The van der Waals surface area contributed by atoms with Crippen LogP contribution in [0.5, 0.6) is 0 Å². The minimum Gasteiger partial charge on any atom is -0.399 e. The summed E-state index contributed by atoms with van der Waals surface area (Å²) in [5, 5.41) is 0.435. The Labute approximate surface area is 113 Å². The maximum Gasteiger partial charge on any atom is 0.154 e. The fourth-order valence-electron chi connectivity index (χ4n) is 2.51. The molecule has 100 valence electrons. The Morgan fingerprint density at radius 1 is 1.28 bits per heavy atom. The van der Waals surface area contributed by atoms with Crippen molar-refractivity contribution in [3.8, 4) is 0 Å². The van der Waals surface area contributed by atoms with Gasteiger partial charge in [-0.25, -0.2) is 8.42 Å². The highest BCUT2D eigenvalue weighted by atomic mass is 35.5. The minimum atomic E-state index is -3.08. The van der Waals surface area contributed by atoms with E-state index in [4.69, 9.17) is 17.3 Å². The zero-order chi connectivity index (χ0) is 13.2. The van der Waals surface area contributed by atoms with Gasteiger partial charge in [0.15, 0.2) is 9.84 Å². The number of anilines is 1. The van der Waals surface area contributed by atoms with Crippen molar-refractivity contribution < 1.29 is 8.42 Å². The van der Waals surface area contributed by atoms with Crippen LogP contribution < -0.4 is 5.73 Å². The highest BCUT2D eigenvalue weighted by molar-refractivity contribution is 7.90. The molecule has 1 fully saturated rings. The summed E-state index contributed by atoms with van der Waals surface area (Å²) in [6.45, 7) is 0. The van der Waals surface area contributed by atoms with Crippen molar-refractivity contribution in [3.05, 3.63) is 28.8 Å². The first-order valence-corrected chi connectivity index (χ1v) is 8.40. The number of nitrogen functional groups attached to an aromatic ring is 1. The molecule has 0 heterocycles. The number of halogens is 1. The molecule has 5 heteroatoms. The molecule has 1 saturated carbocycles. The lowest BCUT2D eigenvalue weighted by atomic mass is 10.1. The minimum absolute atomic E-state index is 0.0165. The van der Waals surface area contributed by atoms with Gasteiger partial charge in [-0.1, -0.05) is 30.5 Å². The molecule has 0 unspecified atom stereocenters. The maximum absolute atomic E-state index is 12.1. The largest absolute Gasteiger partial charge is 0.399 e. The molecule has 0 aromatic heterocycles. The summed E-state index contributed by atoms with van der Waals surface area (Å²) >= 11 is 6.01. The topological polar surface area (TPSA) is 60.2 Å². The molecule has 0 bridgehead atoms. The van der Waals surface area contributed by atoms with Gasteiger partial charge in [-0.15, -0.1) is 0 Å². The van der Waals surface area contributed by atoms with E-state index in [0.29, 0.717) is 22.2 Å². The Kier molecular flexibility index (Phi) is 4.17. The van der Waals surface area contributed by atoms with Crippen molar-refractivity contribution in [2.24, 2.45) is 5.92 Å². The Morgan fingerprint density at radius 2 is 1.94 bits per heavy atom. The molecule has 0 amide bonds. The first kappa shape index (κ1) is 13.7. The Balaban J connectivity index is 2.07. The van der Waals surface area contributed by atoms with Crippen LogP contribution in [0.4, 0.5) is 5.69 Å². The third-order valence-electron chi connectivity index (χ3n) is 3.42. The molecule has 1 aromatic rings.